The van der Waals surface area contributed by atoms with Crippen molar-refractivity contribution in [3.63, 3.8) is 0 Å². The number of carbonyl (C=O) groups excluding carboxylic acids is 1. The van der Waals surface area contributed by atoms with Crippen LogP contribution in [0.5, 0.6) is 0 Å². The zero-order chi connectivity index (χ0) is 21.8. The van der Waals surface area contributed by atoms with Gasteiger partial charge in [-0.15, -0.1) is 0 Å². The average Bonchev–Trinajstić information content (AvgIpc) is 2.78. The summed E-state index contributed by atoms with van der Waals surface area (Å²) in [6, 6.07) is 19.1. The number of fused-ring (bicyclic) bond motifs is 1. The van der Waals surface area contributed by atoms with E-state index < -0.39 is 17.6 Å². The smallest absolute Gasteiger partial charge is 0.384 e. The predicted octanol–water partition coefficient (Wildman–Crippen LogP) is 6.26. The van der Waals surface area contributed by atoms with Gasteiger partial charge in [-0.3, -0.25) is 4.79 Å². The quantitative estimate of drug-likeness (QED) is 0.506. The normalized spacial score (nSPS) is 19.2. The lowest BCUT2D eigenvalue weighted by atomic mass is 9.85. The van der Waals surface area contributed by atoms with E-state index in [2.05, 4.69) is 34.9 Å². The minimum Gasteiger partial charge on any atom is -0.384 e. The van der Waals surface area contributed by atoms with Crippen LogP contribution < -0.4 is 10.6 Å². The predicted molar refractivity (Wildman–Crippen MR) is 117 cm³/mol. The Balaban J connectivity index is 1.28. The molecular weight excluding hydrogens is 401 g/mol. The molecule has 0 unspecified atom stereocenters. The number of halogens is 3. The van der Waals surface area contributed by atoms with Crippen LogP contribution in [0, 0.1) is 5.92 Å². The fourth-order valence-corrected chi connectivity index (χ4v) is 4.25. The summed E-state index contributed by atoms with van der Waals surface area (Å²) >= 11 is 0. The highest BCUT2D eigenvalue weighted by atomic mass is 19.4. The van der Waals surface area contributed by atoms with Crippen molar-refractivity contribution in [1.29, 1.82) is 0 Å². The van der Waals surface area contributed by atoms with E-state index in [1.165, 1.54) is 22.9 Å². The maximum Gasteiger partial charge on any atom is 0.416 e. The number of alkyl halides is 3. The topological polar surface area (TPSA) is 41.1 Å². The lowest BCUT2D eigenvalue weighted by Gasteiger charge is -2.29. The van der Waals surface area contributed by atoms with Gasteiger partial charge in [-0.1, -0.05) is 42.5 Å². The summed E-state index contributed by atoms with van der Waals surface area (Å²) in [4.78, 5) is 12.4. The summed E-state index contributed by atoms with van der Waals surface area (Å²) in [6.07, 6.45) is -0.874. The number of benzene rings is 3. The van der Waals surface area contributed by atoms with E-state index in [1.807, 2.05) is 18.2 Å². The summed E-state index contributed by atoms with van der Waals surface area (Å²) in [5.74, 6) is 0.0594. The van der Waals surface area contributed by atoms with E-state index in [-0.39, 0.29) is 11.6 Å². The fraction of sp³-hybridized carbons (Fsp3) is 0.320. The van der Waals surface area contributed by atoms with Gasteiger partial charge in [0.2, 0.25) is 0 Å². The molecule has 3 aromatic rings. The van der Waals surface area contributed by atoms with Gasteiger partial charge in [-0.25, -0.2) is 0 Å². The van der Waals surface area contributed by atoms with E-state index in [0.29, 0.717) is 5.92 Å². The Kier molecular flexibility index (Phi) is 6.16. The monoisotopic (exact) mass is 426 g/mol. The summed E-state index contributed by atoms with van der Waals surface area (Å²) in [5.41, 5.74) is 0.371. The maximum absolute atomic E-state index is 12.9. The molecule has 162 valence electrons. The van der Waals surface area contributed by atoms with Gasteiger partial charge < -0.3 is 10.6 Å². The molecule has 0 heterocycles. The van der Waals surface area contributed by atoms with Gasteiger partial charge in [0.15, 0.2) is 0 Å². The maximum atomic E-state index is 12.9. The van der Waals surface area contributed by atoms with E-state index in [9.17, 15) is 18.0 Å². The molecule has 1 saturated carbocycles. The zero-order valence-corrected chi connectivity index (χ0v) is 17.1. The molecule has 1 aliphatic rings. The van der Waals surface area contributed by atoms with Crippen LogP contribution in [0.3, 0.4) is 0 Å². The molecule has 6 heteroatoms. The second kappa shape index (κ2) is 9.00. The molecule has 4 rings (SSSR count). The third-order valence-electron chi connectivity index (χ3n) is 6.00. The SMILES string of the molecule is O=C(N[C@H]1CC[C@H](CNc2cccc3ccccc23)CC1)c1cccc(C(F)(F)F)c1. The van der Waals surface area contributed by atoms with Crippen LogP contribution in [-0.4, -0.2) is 18.5 Å². The van der Waals surface area contributed by atoms with Crippen molar-refractivity contribution in [2.75, 3.05) is 11.9 Å². The molecule has 0 aliphatic heterocycles. The van der Waals surface area contributed by atoms with Crippen LogP contribution in [0.2, 0.25) is 0 Å². The number of rotatable bonds is 5. The number of nitrogens with one attached hydrogen (secondary N) is 2. The Bertz CT molecular complexity index is 1050. The third kappa shape index (κ3) is 5.19. The van der Waals surface area contributed by atoms with Gasteiger partial charge in [0.25, 0.3) is 5.91 Å². The first-order valence-electron chi connectivity index (χ1n) is 10.6. The van der Waals surface area contributed by atoms with Crippen LogP contribution in [0.25, 0.3) is 10.8 Å². The highest BCUT2D eigenvalue weighted by Crippen LogP contribution is 2.30. The minimum atomic E-state index is -4.45. The molecule has 31 heavy (non-hydrogen) atoms. The van der Waals surface area contributed by atoms with Gasteiger partial charge in [0, 0.05) is 29.2 Å². The Hall–Kier alpha value is -3.02. The molecule has 2 N–H and O–H groups in total. The van der Waals surface area contributed by atoms with Gasteiger partial charge >= 0.3 is 6.18 Å². The summed E-state index contributed by atoms with van der Waals surface area (Å²) in [6.45, 7) is 0.863. The standard InChI is InChI=1S/C25H25F3N2O/c26-25(27,28)20-8-3-7-19(15-20)24(31)30-21-13-11-17(12-14-21)16-29-23-10-4-6-18-5-1-2-9-22(18)23/h1-10,15,17,21,29H,11-14,16H2,(H,30,31)/t17-,21-. The Morgan fingerprint density at radius 3 is 2.39 bits per heavy atom. The zero-order valence-electron chi connectivity index (χ0n) is 17.1. The number of hydrogen-bond acceptors (Lipinski definition) is 2. The Labute approximate surface area is 179 Å². The summed E-state index contributed by atoms with van der Waals surface area (Å²) in [7, 11) is 0. The molecule has 0 spiro atoms. The first kappa shape index (κ1) is 21.2. The van der Waals surface area contributed by atoms with Crippen LogP contribution in [0.1, 0.15) is 41.6 Å². The molecule has 0 aromatic heterocycles. The molecule has 1 fully saturated rings. The number of amides is 1. The highest BCUT2D eigenvalue weighted by Gasteiger charge is 2.31. The van der Waals surface area contributed by atoms with E-state index in [4.69, 9.17) is 0 Å². The fourth-order valence-electron chi connectivity index (χ4n) is 4.25. The average molecular weight is 426 g/mol. The lowest BCUT2D eigenvalue weighted by Crippen LogP contribution is -2.38. The number of anilines is 1. The molecule has 3 nitrogen and oxygen atoms in total. The van der Waals surface area contributed by atoms with Crippen molar-refractivity contribution in [2.45, 2.75) is 37.9 Å². The molecular formula is C25H25F3N2O. The van der Waals surface area contributed by atoms with Crippen molar-refractivity contribution in [3.05, 3.63) is 77.9 Å². The van der Waals surface area contributed by atoms with E-state index in [1.54, 1.807) is 0 Å². The Morgan fingerprint density at radius 2 is 1.61 bits per heavy atom. The molecule has 0 bridgehead atoms. The van der Waals surface area contributed by atoms with Gasteiger partial charge in [-0.05, 0) is 61.3 Å². The molecule has 3 aromatic carbocycles. The molecule has 1 amide bonds. The molecule has 0 radical (unpaired) electrons. The van der Waals surface area contributed by atoms with Crippen LogP contribution >= 0.6 is 0 Å². The first-order valence-corrected chi connectivity index (χ1v) is 10.6. The van der Waals surface area contributed by atoms with Gasteiger partial charge in [0.05, 0.1) is 5.56 Å². The van der Waals surface area contributed by atoms with Crippen LogP contribution in [0.15, 0.2) is 66.7 Å². The van der Waals surface area contributed by atoms with Crippen LogP contribution in [-0.2, 0) is 6.18 Å². The van der Waals surface area contributed by atoms with Gasteiger partial charge in [-0.2, -0.15) is 13.2 Å². The largest absolute Gasteiger partial charge is 0.416 e. The number of carbonyl (C=O) groups is 1. The van der Waals surface area contributed by atoms with Crippen LogP contribution in [0.4, 0.5) is 18.9 Å². The van der Waals surface area contributed by atoms with Crippen molar-refractivity contribution in [2.24, 2.45) is 5.92 Å². The van der Waals surface area contributed by atoms with Crippen molar-refractivity contribution in [3.8, 4) is 0 Å². The number of hydrogen-bond donors (Lipinski definition) is 2. The first-order chi connectivity index (χ1) is 14.9. The molecule has 0 atom stereocenters. The van der Waals surface area contributed by atoms with Crippen molar-refractivity contribution in [1.82, 2.24) is 5.32 Å². The second-order valence-corrected chi connectivity index (χ2v) is 8.18. The minimum absolute atomic E-state index is 0.00384. The van der Waals surface area contributed by atoms with Crippen molar-refractivity contribution >= 4 is 22.4 Å². The lowest BCUT2D eigenvalue weighted by molar-refractivity contribution is -0.137. The van der Waals surface area contributed by atoms with E-state index in [0.717, 1.165) is 50.0 Å². The Morgan fingerprint density at radius 1 is 0.903 bits per heavy atom. The third-order valence-corrected chi connectivity index (χ3v) is 6.00. The molecule has 1 aliphatic carbocycles. The van der Waals surface area contributed by atoms with E-state index >= 15 is 0 Å². The summed E-state index contributed by atoms with van der Waals surface area (Å²) in [5, 5.41) is 8.87. The second-order valence-electron chi connectivity index (χ2n) is 8.18. The van der Waals surface area contributed by atoms with Gasteiger partial charge in [0.1, 0.15) is 0 Å². The highest BCUT2D eigenvalue weighted by molar-refractivity contribution is 5.95. The van der Waals surface area contributed by atoms with Crippen molar-refractivity contribution < 1.29 is 18.0 Å². The summed E-state index contributed by atoms with van der Waals surface area (Å²) < 4.78 is 38.6. The molecule has 0 saturated heterocycles.